The summed E-state index contributed by atoms with van der Waals surface area (Å²) in [7, 11) is 0. The second kappa shape index (κ2) is 4.67. The summed E-state index contributed by atoms with van der Waals surface area (Å²) >= 11 is 5.84. The third-order valence-corrected chi connectivity index (χ3v) is 2.11. The zero-order valence-corrected chi connectivity index (χ0v) is 8.78. The monoisotopic (exact) mass is 224 g/mol. The number of nitrogens with zero attached hydrogens (tertiary/aromatic N) is 1. The third-order valence-electron chi connectivity index (χ3n) is 1.80. The number of anilines is 1. The average Bonchev–Trinajstić information content (AvgIpc) is 2.20. The van der Waals surface area contributed by atoms with E-state index in [1.165, 1.54) is 12.1 Å². The number of rotatable bonds is 3. The van der Waals surface area contributed by atoms with Gasteiger partial charge in [0.2, 0.25) is 0 Å². The van der Waals surface area contributed by atoms with Crippen molar-refractivity contribution < 1.29 is 4.92 Å². The number of hydrogen-bond donors (Lipinski definition) is 1. The van der Waals surface area contributed by atoms with E-state index in [1.807, 2.05) is 0 Å². The number of benzene rings is 1. The van der Waals surface area contributed by atoms with Gasteiger partial charge in [-0.3, -0.25) is 10.1 Å². The van der Waals surface area contributed by atoms with Crippen molar-refractivity contribution in [2.24, 2.45) is 0 Å². The van der Waals surface area contributed by atoms with E-state index in [2.05, 4.69) is 11.2 Å². The first kappa shape index (κ1) is 11.3. The summed E-state index contributed by atoms with van der Waals surface area (Å²) in [6, 6.07) is 4.15. The van der Waals surface area contributed by atoms with Crippen molar-refractivity contribution >= 4 is 23.0 Å². The topological polar surface area (TPSA) is 55.2 Å². The maximum absolute atomic E-state index is 10.7. The van der Waals surface area contributed by atoms with Crippen molar-refractivity contribution in [3.05, 3.63) is 33.3 Å². The molecular formula is C10H9ClN2O2. The molecule has 0 radical (unpaired) electrons. The first-order valence-electron chi connectivity index (χ1n) is 4.22. The highest BCUT2D eigenvalue weighted by molar-refractivity contribution is 6.33. The fraction of sp³-hybridized carbons (Fsp3) is 0.200. The van der Waals surface area contributed by atoms with Crippen LogP contribution < -0.4 is 5.32 Å². The molecule has 0 amide bonds. The first-order chi connectivity index (χ1) is 7.06. The van der Waals surface area contributed by atoms with Crippen molar-refractivity contribution in [3.63, 3.8) is 0 Å². The molecule has 1 aromatic rings. The van der Waals surface area contributed by atoms with E-state index >= 15 is 0 Å². The van der Waals surface area contributed by atoms with E-state index in [4.69, 9.17) is 18.0 Å². The van der Waals surface area contributed by atoms with Gasteiger partial charge in [0.15, 0.2) is 0 Å². The van der Waals surface area contributed by atoms with Gasteiger partial charge in [0.05, 0.1) is 16.0 Å². The van der Waals surface area contributed by atoms with Gasteiger partial charge in [-0.05, 0) is 13.0 Å². The fourth-order valence-corrected chi connectivity index (χ4v) is 1.29. The van der Waals surface area contributed by atoms with Gasteiger partial charge in [0.1, 0.15) is 5.69 Å². The molecule has 1 N–H and O–H groups in total. The predicted octanol–water partition coefficient (Wildman–Crippen LogP) is 2.68. The number of nitro groups is 1. The summed E-state index contributed by atoms with van der Waals surface area (Å²) in [6.07, 6.45) is 5.17. The lowest BCUT2D eigenvalue weighted by Gasteiger charge is -2.10. The van der Waals surface area contributed by atoms with Crippen molar-refractivity contribution in [2.45, 2.75) is 13.0 Å². The molecule has 0 aliphatic heterocycles. The summed E-state index contributed by atoms with van der Waals surface area (Å²) in [6.45, 7) is 1.72. The second-order valence-corrected chi connectivity index (χ2v) is 3.33. The van der Waals surface area contributed by atoms with E-state index in [0.29, 0.717) is 0 Å². The zero-order valence-electron chi connectivity index (χ0n) is 8.03. The van der Waals surface area contributed by atoms with Crippen LogP contribution in [0.1, 0.15) is 6.92 Å². The number of nitro benzene ring substituents is 1. The van der Waals surface area contributed by atoms with Gasteiger partial charge >= 0.3 is 0 Å². The Morgan fingerprint density at radius 2 is 2.33 bits per heavy atom. The number of halogens is 1. The van der Waals surface area contributed by atoms with Crippen LogP contribution in [-0.4, -0.2) is 11.0 Å². The van der Waals surface area contributed by atoms with E-state index in [0.717, 1.165) is 0 Å². The van der Waals surface area contributed by atoms with Crippen molar-refractivity contribution in [1.82, 2.24) is 0 Å². The van der Waals surface area contributed by atoms with Crippen molar-refractivity contribution in [3.8, 4) is 12.3 Å². The van der Waals surface area contributed by atoms with Gasteiger partial charge in [0, 0.05) is 6.07 Å². The summed E-state index contributed by atoms with van der Waals surface area (Å²) in [5.41, 5.74) is 0.180. The first-order valence-corrected chi connectivity index (χ1v) is 4.59. The Morgan fingerprint density at radius 3 is 2.87 bits per heavy atom. The van der Waals surface area contributed by atoms with E-state index in [1.54, 1.807) is 13.0 Å². The molecule has 78 valence electrons. The smallest absolute Gasteiger partial charge is 0.293 e. The van der Waals surface area contributed by atoms with Gasteiger partial charge < -0.3 is 5.32 Å². The van der Waals surface area contributed by atoms with Crippen molar-refractivity contribution in [2.75, 3.05) is 5.32 Å². The quantitative estimate of drug-likeness (QED) is 0.488. The molecule has 0 saturated carbocycles. The molecule has 4 nitrogen and oxygen atoms in total. The van der Waals surface area contributed by atoms with Crippen LogP contribution in [0.15, 0.2) is 18.2 Å². The van der Waals surface area contributed by atoms with Crippen molar-refractivity contribution in [1.29, 1.82) is 0 Å². The van der Waals surface area contributed by atoms with E-state index in [-0.39, 0.29) is 22.4 Å². The van der Waals surface area contributed by atoms with Crippen LogP contribution in [0.5, 0.6) is 0 Å². The standard InChI is InChI=1S/C10H9ClN2O2/c1-3-7(2)12-10-8(11)5-4-6-9(10)13(14)15/h1,4-7,12H,2H3. The molecule has 1 unspecified atom stereocenters. The number of hydrogen-bond acceptors (Lipinski definition) is 3. The molecule has 15 heavy (non-hydrogen) atoms. The maximum atomic E-state index is 10.7. The van der Waals surface area contributed by atoms with Crippen LogP contribution in [0, 0.1) is 22.5 Å². The van der Waals surface area contributed by atoms with Crippen LogP contribution in [-0.2, 0) is 0 Å². The summed E-state index contributed by atoms with van der Waals surface area (Å²) < 4.78 is 0. The molecule has 0 saturated heterocycles. The summed E-state index contributed by atoms with van der Waals surface area (Å²) in [5.74, 6) is 2.41. The molecule has 1 rings (SSSR count). The van der Waals surface area contributed by atoms with Gasteiger partial charge in [-0.2, -0.15) is 0 Å². The minimum absolute atomic E-state index is 0.0791. The molecule has 0 fully saturated rings. The van der Waals surface area contributed by atoms with Crippen LogP contribution in [0.3, 0.4) is 0 Å². The Morgan fingerprint density at radius 1 is 1.67 bits per heavy atom. The molecular weight excluding hydrogens is 216 g/mol. The normalized spacial score (nSPS) is 11.5. The highest BCUT2D eigenvalue weighted by Gasteiger charge is 2.17. The van der Waals surface area contributed by atoms with E-state index < -0.39 is 4.92 Å². The third kappa shape index (κ3) is 2.61. The van der Waals surface area contributed by atoms with Crippen LogP contribution in [0.25, 0.3) is 0 Å². The Balaban J connectivity index is 3.14. The van der Waals surface area contributed by atoms with Crippen LogP contribution in [0.4, 0.5) is 11.4 Å². The van der Waals surface area contributed by atoms with Crippen LogP contribution >= 0.6 is 11.6 Å². The number of terminal acetylenes is 1. The molecule has 1 aromatic carbocycles. The SMILES string of the molecule is C#CC(C)Nc1c(Cl)cccc1[N+](=O)[O-]. The number of para-hydroxylation sites is 1. The lowest BCUT2D eigenvalue weighted by molar-refractivity contribution is -0.384. The highest BCUT2D eigenvalue weighted by atomic mass is 35.5. The Labute approximate surface area is 92.4 Å². The number of nitrogens with one attached hydrogen (secondary N) is 1. The van der Waals surface area contributed by atoms with E-state index in [9.17, 15) is 10.1 Å². The average molecular weight is 225 g/mol. The van der Waals surface area contributed by atoms with Gasteiger partial charge in [0.25, 0.3) is 5.69 Å². The molecule has 0 aromatic heterocycles. The lowest BCUT2D eigenvalue weighted by atomic mass is 10.2. The predicted molar refractivity (Wildman–Crippen MR) is 60.0 cm³/mol. The molecule has 1 atom stereocenters. The minimum atomic E-state index is -0.503. The zero-order chi connectivity index (χ0) is 11.4. The van der Waals surface area contributed by atoms with Gasteiger partial charge in [-0.1, -0.05) is 23.6 Å². The summed E-state index contributed by atoms with van der Waals surface area (Å²) in [5, 5.41) is 13.8. The second-order valence-electron chi connectivity index (χ2n) is 2.92. The lowest BCUT2D eigenvalue weighted by Crippen LogP contribution is -2.13. The summed E-state index contributed by atoms with van der Waals surface area (Å²) in [4.78, 5) is 10.2. The molecule has 0 bridgehead atoms. The molecule has 0 spiro atoms. The van der Waals surface area contributed by atoms with Gasteiger partial charge in [-0.15, -0.1) is 6.42 Å². The fourth-order valence-electron chi connectivity index (χ4n) is 1.07. The highest BCUT2D eigenvalue weighted by Crippen LogP contribution is 2.32. The Bertz CT molecular complexity index is 426. The van der Waals surface area contributed by atoms with Crippen LogP contribution in [0.2, 0.25) is 5.02 Å². The Kier molecular flexibility index (Phi) is 3.53. The largest absolute Gasteiger partial charge is 0.365 e. The minimum Gasteiger partial charge on any atom is -0.365 e. The molecule has 0 aliphatic rings. The van der Waals surface area contributed by atoms with Gasteiger partial charge in [-0.25, -0.2) is 0 Å². The molecule has 0 aliphatic carbocycles. The Hall–Kier alpha value is -1.73. The molecule has 5 heteroatoms. The molecule has 0 heterocycles. The maximum Gasteiger partial charge on any atom is 0.293 e.